The van der Waals surface area contributed by atoms with E-state index in [1.54, 1.807) is 0 Å². The molecule has 0 saturated carbocycles. The van der Waals surface area contributed by atoms with Crippen LogP contribution in [0.15, 0.2) is 0 Å². The SMILES string of the molecule is CCOCC(=O)NCCCN(C)C. The Hall–Kier alpha value is -0.610. The molecule has 4 nitrogen and oxygen atoms in total. The molecule has 0 spiro atoms. The summed E-state index contributed by atoms with van der Waals surface area (Å²) in [6.45, 7) is 4.36. The highest BCUT2D eigenvalue weighted by atomic mass is 16.5. The van der Waals surface area contributed by atoms with Gasteiger partial charge in [-0.25, -0.2) is 0 Å². The van der Waals surface area contributed by atoms with Crippen LogP contribution in [0.3, 0.4) is 0 Å². The zero-order valence-corrected chi connectivity index (χ0v) is 8.80. The Bertz CT molecular complexity index is 138. The Labute approximate surface area is 80.2 Å². The molecule has 0 heterocycles. The van der Waals surface area contributed by atoms with Crippen LogP contribution >= 0.6 is 0 Å². The van der Waals surface area contributed by atoms with Crippen LogP contribution in [-0.2, 0) is 9.53 Å². The van der Waals surface area contributed by atoms with E-state index in [2.05, 4.69) is 10.2 Å². The minimum Gasteiger partial charge on any atom is -0.372 e. The molecule has 0 unspecified atom stereocenters. The Balaban J connectivity index is 3.17. The monoisotopic (exact) mass is 188 g/mol. The van der Waals surface area contributed by atoms with Crippen LogP contribution in [0, 0.1) is 0 Å². The molecule has 0 fully saturated rings. The summed E-state index contributed by atoms with van der Waals surface area (Å²) in [4.78, 5) is 13.1. The second-order valence-electron chi connectivity index (χ2n) is 3.14. The molecule has 0 saturated heterocycles. The lowest BCUT2D eigenvalue weighted by Crippen LogP contribution is -2.30. The molecule has 0 aromatic rings. The fourth-order valence-electron chi connectivity index (χ4n) is 0.869. The van der Waals surface area contributed by atoms with E-state index in [1.165, 1.54) is 0 Å². The van der Waals surface area contributed by atoms with Crippen LogP contribution < -0.4 is 5.32 Å². The molecule has 0 aromatic carbocycles. The third kappa shape index (κ3) is 9.30. The Kier molecular flexibility index (Phi) is 7.63. The van der Waals surface area contributed by atoms with Gasteiger partial charge in [-0.15, -0.1) is 0 Å². The molecule has 0 aliphatic rings. The summed E-state index contributed by atoms with van der Waals surface area (Å²) in [7, 11) is 4.03. The van der Waals surface area contributed by atoms with Crippen molar-refractivity contribution >= 4 is 5.91 Å². The molecule has 1 N–H and O–H groups in total. The van der Waals surface area contributed by atoms with Crippen molar-refractivity contribution in [3.63, 3.8) is 0 Å². The average Bonchev–Trinajstić information content (AvgIpc) is 2.08. The first-order valence-electron chi connectivity index (χ1n) is 4.66. The highest BCUT2D eigenvalue weighted by Crippen LogP contribution is 1.81. The molecule has 0 aliphatic carbocycles. The molecule has 0 aliphatic heterocycles. The number of hydrogen-bond acceptors (Lipinski definition) is 3. The van der Waals surface area contributed by atoms with Gasteiger partial charge in [-0.3, -0.25) is 4.79 Å². The van der Waals surface area contributed by atoms with Crippen LogP contribution in [-0.4, -0.2) is 51.2 Å². The second-order valence-corrected chi connectivity index (χ2v) is 3.14. The van der Waals surface area contributed by atoms with Crippen molar-refractivity contribution in [2.45, 2.75) is 13.3 Å². The third-order valence-electron chi connectivity index (χ3n) is 1.54. The van der Waals surface area contributed by atoms with Gasteiger partial charge in [-0.05, 0) is 34.0 Å². The zero-order chi connectivity index (χ0) is 10.1. The predicted octanol–water partition coefficient (Wildman–Crippen LogP) is 0.0908. The normalized spacial score (nSPS) is 10.5. The number of carbonyl (C=O) groups excluding carboxylic acids is 1. The van der Waals surface area contributed by atoms with E-state index in [1.807, 2.05) is 21.0 Å². The van der Waals surface area contributed by atoms with Gasteiger partial charge in [0.15, 0.2) is 0 Å². The molecule has 78 valence electrons. The average molecular weight is 188 g/mol. The van der Waals surface area contributed by atoms with Gasteiger partial charge in [0.2, 0.25) is 5.91 Å². The quantitative estimate of drug-likeness (QED) is 0.576. The van der Waals surface area contributed by atoms with Crippen molar-refractivity contribution in [3.8, 4) is 0 Å². The van der Waals surface area contributed by atoms with Crippen molar-refractivity contribution in [3.05, 3.63) is 0 Å². The summed E-state index contributed by atoms with van der Waals surface area (Å²) in [5.74, 6) is -0.0272. The number of carbonyl (C=O) groups is 1. The highest BCUT2D eigenvalue weighted by Gasteiger charge is 1.98. The third-order valence-corrected chi connectivity index (χ3v) is 1.54. The number of rotatable bonds is 7. The molecular formula is C9H20N2O2. The minimum absolute atomic E-state index is 0.0272. The standard InChI is InChI=1S/C9H20N2O2/c1-4-13-8-9(12)10-6-5-7-11(2)3/h4-8H2,1-3H3,(H,10,12). The molecule has 0 radical (unpaired) electrons. The molecule has 0 rings (SSSR count). The lowest BCUT2D eigenvalue weighted by molar-refractivity contribution is -0.125. The van der Waals surface area contributed by atoms with Gasteiger partial charge in [-0.1, -0.05) is 0 Å². The van der Waals surface area contributed by atoms with Crippen molar-refractivity contribution in [2.24, 2.45) is 0 Å². The lowest BCUT2D eigenvalue weighted by atomic mass is 10.4. The summed E-state index contributed by atoms with van der Waals surface area (Å²) in [5, 5.41) is 2.78. The Morgan fingerprint density at radius 2 is 2.15 bits per heavy atom. The van der Waals surface area contributed by atoms with Gasteiger partial charge in [0.05, 0.1) is 0 Å². The maximum atomic E-state index is 11.0. The molecule has 4 heteroatoms. The minimum atomic E-state index is -0.0272. The van der Waals surface area contributed by atoms with Gasteiger partial charge < -0.3 is 15.0 Å². The number of ether oxygens (including phenoxy) is 1. The Morgan fingerprint density at radius 1 is 1.46 bits per heavy atom. The van der Waals surface area contributed by atoms with Crippen molar-refractivity contribution < 1.29 is 9.53 Å². The smallest absolute Gasteiger partial charge is 0.245 e. The van der Waals surface area contributed by atoms with E-state index in [0.717, 1.165) is 19.5 Å². The van der Waals surface area contributed by atoms with Crippen molar-refractivity contribution in [1.82, 2.24) is 10.2 Å². The van der Waals surface area contributed by atoms with Gasteiger partial charge in [-0.2, -0.15) is 0 Å². The summed E-state index contributed by atoms with van der Waals surface area (Å²) in [6, 6.07) is 0. The van der Waals surface area contributed by atoms with Crippen molar-refractivity contribution in [2.75, 3.05) is 40.4 Å². The number of amides is 1. The van der Waals surface area contributed by atoms with E-state index in [4.69, 9.17) is 4.74 Å². The number of nitrogens with one attached hydrogen (secondary N) is 1. The lowest BCUT2D eigenvalue weighted by Gasteiger charge is -2.09. The fourth-order valence-corrected chi connectivity index (χ4v) is 0.869. The van der Waals surface area contributed by atoms with E-state index in [-0.39, 0.29) is 12.5 Å². The summed E-state index contributed by atoms with van der Waals surface area (Å²) in [5.41, 5.74) is 0. The van der Waals surface area contributed by atoms with Crippen LogP contribution in [0.4, 0.5) is 0 Å². The first kappa shape index (κ1) is 12.4. The van der Waals surface area contributed by atoms with E-state index >= 15 is 0 Å². The topological polar surface area (TPSA) is 41.6 Å². The molecule has 0 bridgehead atoms. The maximum absolute atomic E-state index is 11.0. The van der Waals surface area contributed by atoms with E-state index in [9.17, 15) is 4.79 Å². The second kappa shape index (κ2) is 8.01. The molecule has 1 amide bonds. The largest absolute Gasteiger partial charge is 0.372 e. The number of nitrogens with zero attached hydrogens (tertiary/aromatic N) is 1. The van der Waals surface area contributed by atoms with Crippen LogP contribution in [0.1, 0.15) is 13.3 Å². The predicted molar refractivity (Wildman–Crippen MR) is 52.7 cm³/mol. The first-order valence-corrected chi connectivity index (χ1v) is 4.66. The molecule has 0 atom stereocenters. The summed E-state index contributed by atoms with van der Waals surface area (Å²) < 4.78 is 4.95. The van der Waals surface area contributed by atoms with Gasteiger partial charge in [0, 0.05) is 13.2 Å². The molecule has 13 heavy (non-hydrogen) atoms. The van der Waals surface area contributed by atoms with Gasteiger partial charge in [0.1, 0.15) is 6.61 Å². The zero-order valence-electron chi connectivity index (χ0n) is 8.80. The van der Waals surface area contributed by atoms with E-state index in [0.29, 0.717) is 6.61 Å². The molecular weight excluding hydrogens is 168 g/mol. The van der Waals surface area contributed by atoms with Crippen LogP contribution in [0.5, 0.6) is 0 Å². The summed E-state index contributed by atoms with van der Waals surface area (Å²) >= 11 is 0. The maximum Gasteiger partial charge on any atom is 0.245 e. The fraction of sp³-hybridized carbons (Fsp3) is 0.889. The van der Waals surface area contributed by atoms with Crippen LogP contribution in [0.25, 0.3) is 0 Å². The Morgan fingerprint density at radius 3 is 2.69 bits per heavy atom. The highest BCUT2D eigenvalue weighted by molar-refractivity contribution is 5.77. The van der Waals surface area contributed by atoms with E-state index < -0.39 is 0 Å². The number of hydrogen-bond donors (Lipinski definition) is 1. The first-order chi connectivity index (χ1) is 6.16. The summed E-state index contributed by atoms with van der Waals surface area (Å²) in [6.07, 6.45) is 0.977. The molecule has 0 aromatic heterocycles. The van der Waals surface area contributed by atoms with Crippen LogP contribution in [0.2, 0.25) is 0 Å². The van der Waals surface area contributed by atoms with Gasteiger partial charge >= 0.3 is 0 Å². The van der Waals surface area contributed by atoms with Crippen molar-refractivity contribution in [1.29, 1.82) is 0 Å². The van der Waals surface area contributed by atoms with Gasteiger partial charge in [0.25, 0.3) is 0 Å².